The summed E-state index contributed by atoms with van der Waals surface area (Å²) in [6, 6.07) is 2.52. The van der Waals surface area contributed by atoms with Crippen LogP contribution in [0.4, 0.5) is 5.95 Å². The molecule has 0 spiro atoms. The lowest BCUT2D eigenvalue weighted by Crippen LogP contribution is -2.14. The smallest absolute Gasteiger partial charge is 0.223 e. The minimum Gasteiger partial charge on any atom is -0.350 e. The topological polar surface area (TPSA) is 37.8 Å². The third kappa shape index (κ3) is 2.00. The molecule has 1 fully saturated rings. The molecule has 1 aromatic rings. The van der Waals surface area contributed by atoms with Crippen LogP contribution in [0.15, 0.2) is 6.07 Å². The fourth-order valence-corrected chi connectivity index (χ4v) is 2.64. The maximum absolute atomic E-state index is 4.62. The van der Waals surface area contributed by atoms with Crippen LogP contribution in [0.2, 0.25) is 0 Å². The highest BCUT2D eigenvalue weighted by Crippen LogP contribution is 2.63. The zero-order valence-corrected chi connectivity index (χ0v) is 12.6. The van der Waals surface area contributed by atoms with Crippen LogP contribution in [0.1, 0.15) is 58.8 Å². The first-order valence-corrected chi connectivity index (χ1v) is 6.78. The fraction of sp³-hybridized carbons (Fsp3) is 0.733. The number of aromatic nitrogens is 2. The second kappa shape index (κ2) is 3.94. The Kier molecular flexibility index (Phi) is 2.91. The summed E-state index contributed by atoms with van der Waals surface area (Å²) in [6.45, 7) is 15.5. The molecule has 0 bridgehead atoms. The summed E-state index contributed by atoms with van der Waals surface area (Å²) in [5.74, 6) is 1.22. The molecular weight excluding hydrogens is 222 g/mol. The number of rotatable bonds is 3. The molecule has 18 heavy (non-hydrogen) atoms. The van der Waals surface area contributed by atoms with Gasteiger partial charge < -0.3 is 5.32 Å². The van der Waals surface area contributed by atoms with Gasteiger partial charge in [0.2, 0.25) is 5.95 Å². The summed E-state index contributed by atoms with van der Waals surface area (Å²) in [6.07, 6.45) is 0. The molecule has 3 heteroatoms. The van der Waals surface area contributed by atoms with Crippen LogP contribution in [-0.2, 0) is 0 Å². The lowest BCUT2D eigenvalue weighted by atomic mass is 10.0. The van der Waals surface area contributed by atoms with E-state index in [0.717, 1.165) is 17.3 Å². The normalized spacial score (nSPS) is 21.1. The molecule has 0 unspecified atom stereocenters. The lowest BCUT2D eigenvalue weighted by Gasteiger charge is -2.11. The molecule has 3 nitrogen and oxygen atoms in total. The highest BCUT2D eigenvalue weighted by molar-refractivity contribution is 5.38. The molecule has 1 aliphatic carbocycles. The Bertz CT molecular complexity index is 447. The molecule has 0 radical (unpaired) electrons. The van der Waals surface area contributed by atoms with Crippen molar-refractivity contribution < 1.29 is 0 Å². The van der Waals surface area contributed by atoms with Gasteiger partial charge in [0.05, 0.1) is 0 Å². The summed E-state index contributed by atoms with van der Waals surface area (Å²) in [7, 11) is 0. The van der Waals surface area contributed by atoms with Crippen molar-refractivity contribution in [2.45, 2.75) is 60.4 Å². The van der Waals surface area contributed by atoms with E-state index in [-0.39, 0.29) is 0 Å². The Hall–Kier alpha value is -1.12. The first kappa shape index (κ1) is 13.3. The van der Waals surface area contributed by atoms with Gasteiger partial charge in [0.15, 0.2) is 0 Å². The number of aryl methyl sites for hydroxylation is 1. The average Bonchev–Trinajstić information content (AvgIpc) is 2.60. The highest BCUT2D eigenvalue weighted by atomic mass is 15.2. The molecule has 1 aromatic heterocycles. The van der Waals surface area contributed by atoms with Crippen LogP contribution in [0.5, 0.6) is 0 Å². The number of nitrogens with zero attached hydrogens (tertiary/aromatic N) is 2. The Morgan fingerprint density at radius 2 is 1.67 bits per heavy atom. The predicted octanol–water partition coefficient (Wildman–Crippen LogP) is 3.75. The van der Waals surface area contributed by atoms with Gasteiger partial charge in [-0.05, 0) is 29.7 Å². The summed E-state index contributed by atoms with van der Waals surface area (Å²) in [4.78, 5) is 9.13. The maximum atomic E-state index is 4.62. The van der Waals surface area contributed by atoms with E-state index in [1.165, 1.54) is 0 Å². The van der Waals surface area contributed by atoms with E-state index in [0.29, 0.717) is 22.8 Å². The number of hydrogen-bond donors (Lipinski definition) is 1. The standard InChI is InChI=1S/C15H25N3/c1-9(2)11-8-10(3)16-13(17-11)18-12-14(4,5)15(12,6)7/h8-9,12H,1-7H3,(H,16,17,18). The molecule has 1 heterocycles. The van der Waals surface area contributed by atoms with Crippen molar-refractivity contribution in [1.82, 2.24) is 9.97 Å². The van der Waals surface area contributed by atoms with E-state index in [2.05, 4.69) is 62.9 Å². The summed E-state index contributed by atoms with van der Waals surface area (Å²) >= 11 is 0. The van der Waals surface area contributed by atoms with Gasteiger partial charge in [0, 0.05) is 17.4 Å². The molecule has 0 saturated heterocycles. The quantitative estimate of drug-likeness (QED) is 0.884. The van der Waals surface area contributed by atoms with Gasteiger partial charge >= 0.3 is 0 Å². The van der Waals surface area contributed by atoms with E-state index in [1.54, 1.807) is 0 Å². The van der Waals surface area contributed by atoms with E-state index in [9.17, 15) is 0 Å². The molecule has 1 N–H and O–H groups in total. The second-order valence-electron chi connectivity index (χ2n) is 6.93. The van der Waals surface area contributed by atoms with E-state index in [4.69, 9.17) is 0 Å². The largest absolute Gasteiger partial charge is 0.350 e. The van der Waals surface area contributed by atoms with E-state index in [1.807, 2.05) is 6.92 Å². The van der Waals surface area contributed by atoms with Gasteiger partial charge in [-0.3, -0.25) is 0 Å². The van der Waals surface area contributed by atoms with Crippen LogP contribution in [-0.4, -0.2) is 16.0 Å². The van der Waals surface area contributed by atoms with Gasteiger partial charge in [-0.1, -0.05) is 41.5 Å². The average molecular weight is 247 g/mol. The SMILES string of the molecule is Cc1cc(C(C)C)nc(NC2C(C)(C)C2(C)C)n1. The number of hydrogen-bond acceptors (Lipinski definition) is 3. The van der Waals surface area contributed by atoms with Crippen molar-refractivity contribution in [3.63, 3.8) is 0 Å². The lowest BCUT2D eigenvalue weighted by molar-refractivity contribution is 0.457. The molecular formula is C15H25N3. The first-order chi connectivity index (χ1) is 8.16. The molecule has 100 valence electrons. The van der Waals surface area contributed by atoms with Crippen LogP contribution in [0, 0.1) is 17.8 Å². The zero-order chi connectivity index (χ0) is 13.7. The van der Waals surface area contributed by atoms with Gasteiger partial charge in [-0.25, -0.2) is 9.97 Å². The summed E-state index contributed by atoms with van der Waals surface area (Å²) in [5.41, 5.74) is 2.75. The minimum atomic E-state index is 0.304. The van der Waals surface area contributed by atoms with Crippen LogP contribution in [0.25, 0.3) is 0 Å². The second-order valence-corrected chi connectivity index (χ2v) is 6.93. The van der Waals surface area contributed by atoms with Crippen LogP contribution >= 0.6 is 0 Å². The molecule has 0 atom stereocenters. The highest BCUT2D eigenvalue weighted by Gasteiger charge is 2.65. The van der Waals surface area contributed by atoms with Crippen LogP contribution < -0.4 is 5.32 Å². The van der Waals surface area contributed by atoms with Crippen molar-refractivity contribution in [3.05, 3.63) is 17.5 Å². The predicted molar refractivity (Wildman–Crippen MR) is 75.8 cm³/mol. The molecule has 0 aromatic carbocycles. The van der Waals surface area contributed by atoms with Gasteiger partial charge in [0.1, 0.15) is 0 Å². The monoisotopic (exact) mass is 247 g/mol. The third-order valence-electron chi connectivity index (χ3n) is 4.76. The number of nitrogens with one attached hydrogen (secondary N) is 1. The Morgan fingerprint density at radius 1 is 1.11 bits per heavy atom. The van der Waals surface area contributed by atoms with Crippen molar-refractivity contribution >= 4 is 5.95 Å². The van der Waals surface area contributed by atoms with Gasteiger partial charge in [-0.15, -0.1) is 0 Å². The van der Waals surface area contributed by atoms with Gasteiger partial charge in [0.25, 0.3) is 0 Å². The summed E-state index contributed by atoms with van der Waals surface area (Å²) in [5, 5.41) is 3.51. The van der Waals surface area contributed by atoms with Crippen molar-refractivity contribution in [2.75, 3.05) is 5.32 Å². The fourth-order valence-electron chi connectivity index (χ4n) is 2.64. The summed E-state index contributed by atoms with van der Waals surface area (Å²) < 4.78 is 0. The van der Waals surface area contributed by atoms with Gasteiger partial charge in [-0.2, -0.15) is 0 Å². The van der Waals surface area contributed by atoms with Crippen molar-refractivity contribution in [1.29, 1.82) is 0 Å². The first-order valence-electron chi connectivity index (χ1n) is 6.78. The molecule has 0 amide bonds. The Labute approximate surface area is 110 Å². The third-order valence-corrected chi connectivity index (χ3v) is 4.76. The maximum Gasteiger partial charge on any atom is 0.223 e. The molecule has 2 rings (SSSR count). The van der Waals surface area contributed by atoms with Crippen LogP contribution in [0.3, 0.4) is 0 Å². The zero-order valence-electron chi connectivity index (χ0n) is 12.6. The molecule has 1 aliphatic rings. The number of anilines is 1. The Balaban J connectivity index is 2.21. The van der Waals surface area contributed by atoms with Crippen molar-refractivity contribution in [3.8, 4) is 0 Å². The van der Waals surface area contributed by atoms with Crippen molar-refractivity contribution in [2.24, 2.45) is 10.8 Å². The Morgan fingerprint density at radius 3 is 2.11 bits per heavy atom. The minimum absolute atomic E-state index is 0.304. The van der Waals surface area contributed by atoms with E-state index < -0.39 is 0 Å². The van der Waals surface area contributed by atoms with E-state index >= 15 is 0 Å². The molecule has 1 saturated carbocycles. The molecule has 0 aliphatic heterocycles.